The quantitative estimate of drug-likeness (QED) is 0.536. The number of rotatable bonds is 3. The summed E-state index contributed by atoms with van der Waals surface area (Å²) in [7, 11) is 0. The summed E-state index contributed by atoms with van der Waals surface area (Å²) in [6.07, 6.45) is 1.81. The van der Waals surface area contributed by atoms with Crippen LogP contribution in [-0.2, 0) is 11.3 Å². The predicted octanol–water partition coefficient (Wildman–Crippen LogP) is 6.23. The molecule has 1 aliphatic heterocycles. The number of carbonyl (C=O) groups excluding carboxylic acids is 1. The second-order valence-corrected chi connectivity index (χ2v) is 8.18. The van der Waals surface area contributed by atoms with Crippen molar-refractivity contribution in [3.63, 3.8) is 0 Å². The Bertz CT molecular complexity index is 1040. The number of amides is 1. The molecule has 0 radical (unpaired) electrons. The lowest BCUT2D eigenvalue weighted by Gasteiger charge is -2.33. The zero-order chi connectivity index (χ0) is 19.8. The molecule has 0 N–H and O–H groups in total. The van der Waals surface area contributed by atoms with Crippen LogP contribution >= 0.6 is 0 Å². The molecule has 2 bridgehead atoms. The summed E-state index contributed by atoms with van der Waals surface area (Å²) in [5.74, 6) is 0.555. The monoisotopic (exact) mass is 383 g/mol. The van der Waals surface area contributed by atoms with Crippen molar-refractivity contribution in [3.8, 4) is 11.1 Å². The van der Waals surface area contributed by atoms with Gasteiger partial charge in [0.1, 0.15) is 6.61 Å². The number of hydrogen-bond acceptors (Lipinski definition) is 2. The first-order valence-corrected chi connectivity index (χ1v) is 10.4. The van der Waals surface area contributed by atoms with Crippen molar-refractivity contribution in [2.45, 2.75) is 38.3 Å². The van der Waals surface area contributed by atoms with Gasteiger partial charge in [0, 0.05) is 6.54 Å². The Balaban J connectivity index is 1.39. The van der Waals surface area contributed by atoms with Crippen LogP contribution in [0.2, 0.25) is 0 Å². The van der Waals surface area contributed by atoms with E-state index in [0.29, 0.717) is 12.5 Å². The molecule has 0 saturated carbocycles. The van der Waals surface area contributed by atoms with Gasteiger partial charge in [-0.05, 0) is 59.6 Å². The average Bonchev–Trinajstić information content (AvgIpc) is 3.04. The minimum atomic E-state index is -0.203. The number of aryl methyl sites for hydroxylation is 1. The van der Waals surface area contributed by atoms with Crippen molar-refractivity contribution >= 4 is 6.09 Å². The van der Waals surface area contributed by atoms with Gasteiger partial charge in [-0.25, -0.2) is 4.79 Å². The fourth-order valence-electron chi connectivity index (χ4n) is 4.80. The van der Waals surface area contributed by atoms with Crippen molar-refractivity contribution < 1.29 is 9.53 Å². The fourth-order valence-corrected chi connectivity index (χ4v) is 4.80. The largest absolute Gasteiger partial charge is 0.445 e. The summed E-state index contributed by atoms with van der Waals surface area (Å²) < 4.78 is 5.65. The summed E-state index contributed by atoms with van der Waals surface area (Å²) in [6.45, 7) is 3.20. The average molecular weight is 383 g/mol. The summed E-state index contributed by atoms with van der Waals surface area (Å²) in [5.41, 5.74) is 7.43. The van der Waals surface area contributed by atoms with Crippen LogP contribution in [0.25, 0.3) is 11.1 Å². The smallest absolute Gasteiger partial charge is 0.410 e. The third kappa shape index (κ3) is 3.42. The highest BCUT2D eigenvalue weighted by Gasteiger charge is 2.41. The Kier molecular flexibility index (Phi) is 4.59. The molecule has 5 rings (SSSR count). The summed E-state index contributed by atoms with van der Waals surface area (Å²) >= 11 is 0. The number of ether oxygens (including phenoxy) is 1. The first-order chi connectivity index (χ1) is 14.2. The van der Waals surface area contributed by atoms with Crippen LogP contribution in [0.1, 0.15) is 47.1 Å². The van der Waals surface area contributed by atoms with Gasteiger partial charge in [0.15, 0.2) is 0 Å². The lowest BCUT2D eigenvalue weighted by Crippen LogP contribution is -2.37. The zero-order valence-corrected chi connectivity index (χ0v) is 16.7. The molecule has 1 fully saturated rings. The SMILES string of the molecule is Cc1cccc(-c2ccc3c(c2)[C@H]2CC3CCN2C(=O)OCc2ccccc2)c1. The Morgan fingerprint density at radius 1 is 0.966 bits per heavy atom. The maximum absolute atomic E-state index is 12.9. The van der Waals surface area contributed by atoms with Gasteiger partial charge in [-0.15, -0.1) is 0 Å². The molecular weight excluding hydrogens is 358 g/mol. The van der Waals surface area contributed by atoms with E-state index in [-0.39, 0.29) is 12.1 Å². The van der Waals surface area contributed by atoms with Gasteiger partial charge >= 0.3 is 6.09 Å². The van der Waals surface area contributed by atoms with Crippen LogP contribution in [0.3, 0.4) is 0 Å². The van der Waals surface area contributed by atoms with Crippen LogP contribution in [0.4, 0.5) is 4.79 Å². The molecule has 1 heterocycles. The molecule has 3 heteroatoms. The van der Waals surface area contributed by atoms with Gasteiger partial charge in [-0.3, -0.25) is 0 Å². The molecule has 2 aliphatic rings. The molecule has 146 valence electrons. The number of nitrogens with zero attached hydrogens (tertiary/aromatic N) is 1. The van der Waals surface area contributed by atoms with Gasteiger partial charge in [-0.1, -0.05) is 72.3 Å². The van der Waals surface area contributed by atoms with Crippen molar-refractivity contribution in [1.82, 2.24) is 4.90 Å². The van der Waals surface area contributed by atoms with Crippen LogP contribution in [0, 0.1) is 6.92 Å². The van der Waals surface area contributed by atoms with E-state index in [9.17, 15) is 4.79 Å². The minimum absolute atomic E-state index is 0.122. The molecule has 29 heavy (non-hydrogen) atoms. The van der Waals surface area contributed by atoms with E-state index in [1.807, 2.05) is 35.2 Å². The Morgan fingerprint density at radius 3 is 2.62 bits per heavy atom. The van der Waals surface area contributed by atoms with Crippen molar-refractivity contribution in [1.29, 1.82) is 0 Å². The van der Waals surface area contributed by atoms with Gasteiger partial charge in [-0.2, -0.15) is 0 Å². The third-order valence-electron chi connectivity index (χ3n) is 6.28. The number of likely N-dealkylation sites (tertiary alicyclic amines) is 1. The maximum atomic E-state index is 12.9. The van der Waals surface area contributed by atoms with Crippen LogP contribution < -0.4 is 0 Å². The van der Waals surface area contributed by atoms with Gasteiger partial charge < -0.3 is 9.64 Å². The topological polar surface area (TPSA) is 29.5 Å². The maximum Gasteiger partial charge on any atom is 0.410 e. The molecule has 0 spiro atoms. The molecule has 2 atom stereocenters. The first-order valence-electron chi connectivity index (χ1n) is 10.4. The second-order valence-electron chi connectivity index (χ2n) is 8.18. The standard InChI is InChI=1S/C26H25NO2/c1-18-6-5-9-20(14-18)21-10-11-23-22-12-13-27(25(16-22)24(23)15-21)26(28)29-17-19-7-3-2-4-8-19/h2-11,14-15,22,25H,12-13,16-17H2,1H3/t22?,25-/m1/s1. The highest BCUT2D eigenvalue weighted by Crippen LogP contribution is 2.50. The summed E-state index contributed by atoms with van der Waals surface area (Å²) in [4.78, 5) is 14.8. The molecule has 1 unspecified atom stereocenters. The second kappa shape index (κ2) is 7.40. The molecular formula is C26H25NO2. The predicted molar refractivity (Wildman–Crippen MR) is 115 cm³/mol. The fraction of sp³-hybridized carbons (Fsp3) is 0.269. The highest BCUT2D eigenvalue weighted by molar-refractivity contribution is 5.71. The summed E-state index contributed by atoms with van der Waals surface area (Å²) in [5, 5.41) is 0. The Morgan fingerprint density at radius 2 is 1.79 bits per heavy atom. The van der Waals surface area contributed by atoms with E-state index in [2.05, 4.69) is 49.4 Å². The number of piperidine rings is 1. The van der Waals surface area contributed by atoms with Gasteiger partial charge in [0.05, 0.1) is 6.04 Å². The molecule has 3 aromatic rings. The van der Waals surface area contributed by atoms with Crippen LogP contribution in [0.15, 0.2) is 72.8 Å². The minimum Gasteiger partial charge on any atom is -0.445 e. The van der Waals surface area contributed by atoms with Gasteiger partial charge in [0.2, 0.25) is 0 Å². The van der Waals surface area contributed by atoms with E-state index >= 15 is 0 Å². The molecule has 1 amide bonds. The van der Waals surface area contributed by atoms with Crippen molar-refractivity contribution in [3.05, 3.63) is 95.1 Å². The van der Waals surface area contributed by atoms with Crippen molar-refractivity contribution in [2.75, 3.05) is 6.54 Å². The van der Waals surface area contributed by atoms with E-state index in [0.717, 1.165) is 24.9 Å². The molecule has 3 aromatic carbocycles. The van der Waals surface area contributed by atoms with Crippen LogP contribution in [-0.4, -0.2) is 17.5 Å². The Hall–Kier alpha value is -3.07. The van der Waals surface area contributed by atoms with E-state index in [1.165, 1.54) is 27.8 Å². The number of carbonyl (C=O) groups is 1. The lowest BCUT2D eigenvalue weighted by atomic mass is 9.95. The normalized spacial score (nSPS) is 19.7. The highest BCUT2D eigenvalue weighted by atomic mass is 16.6. The summed E-state index contributed by atoms with van der Waals surface area (Å²) in [6, 6.07) is 25.4. The first kappa shape index (κ1) is 18.0. The van der Waals surface area contributed by atoms with Crippen molar-refractivity contribution in [2.24, 2.45) is 0 Å². The number of hydrogen-bond donors (Lipinski definition) is 0. The molecule has 1 aliphatic carbocycles. The molecule has 0 aromatic heterocycles. The van der Waals surface area contributed by atoms with E-state index in [1.54, 1.807) is 0 Å². The number of fused-ring (bicyclic) bond motifs is 5. The third-order valence-corrected chi connectivity index (χ3v) is 6.28. The Labute approximate surface area is 171 Å². The lowest BCUT2D eigenvalue weighted by molar-refractivity contribution is 0.0694. The number of benzene rings is 3. The molecule has 3 nitrogen and oxygen atoms in total. The molecule has 1 saturated heterocycles. The zero-order valence-electron chi connectivity index (χ0n) is 16.7. The van der Waals surface area contributed by atoms with E-state index < -0.39 is 0 Å². The van der Waals surface area contributed by atoms with Crippen LogP contribution in [0.5, 0.6) is 0 Å². The van der Waals surface area contributed by atoms with Gasteiger partial charge in [0.25, 0.3) is 0 Å². The van der Waals surface area contributed by atoms with E-state index in [4.69, 9.17) is 4.74 Å².